The van der Waals surface area contributed by atoms with E-state index in [0.717, 1.165) is 27.8 Å². The molecule has 27 heavy (non-hydrogen) atoms. The second kappa shape index (κ2) is 8.68. The van der Waals surface area contributed by atoms with Gasteiger partial charge in [-0.25, -0.2) is 0 Å². The predicted molar refractivity (Wildman–Crippen MR) is 112 cm³/mol. The molecule has 0 radical (unpaired) electrons. The molecule has 0 spiro atoms. The number of hydrogen-bond donors (Lipinski definition) is 2. The van der Waals surface area contributed by atoms with Crippen molar-refractivity contribution in [1.29, 1.82) is 0 Å². The fourth-order valence-corrected chi connectivity index (χ4v) is 3.24. The van der Waals surface area contributed by atoms with Crippen LogP contribution in [0.1, 0.15) is 12.5 Å². The van der Waals surface area contributed by atoms with Gasteiger partial charge in [0.25, 0.3) is 0 Å². The minimum atomic E-state index is -0.360. The number of carbonyl (C=O) groups excluding carboxylic acids is 2. The Kier molecular flexibility index (Phi) is 6.08. The Morgan fingerprint density at radius 1 is 1.04 bits per heavy atom. The van der Waals surface area contributed by atoms with Crippen LogP contribution < -0.4 is 10.6 Å². The molecule has 6 heteroatoms. The number of carbonyl (C=O) groups is 2. The quantitative estimate of drug-likeness (QED) is 0.672. The number of amides is 2. The van der Waals surface area contributed by atoms with Crippen molar-refractivity contribution in [1.82, 2.24) is 4.98 Å². The lowest BCUT2D eigenvalue weighted by atomic mass is 10.2. The van der Waals surface area contributed by atoms with Crippen LogP contribution in [-0.2, 0) is 9.59 Å². The van der Waals surface area contributed by atoms with Gasteiger partial charge in [-0.1, -0.05) is 23.8 Å². The summed E-state index contributed by atoms with van der Waals surface area (Å²) in [5.41, 5.74) is 3.44. The van der Waals surface area contributed by atoms with Crippen LogP contribution in [-0.4, -0.2) is 27.8 Å². The highest BCUT2D eigenvalue weighted by Crippen LogP contribution is 2.22. The molecular formula is C21H21N3O2S. The van der Waals surface area contributed by atoms with Crippen LogP contribution in [0.2, 0.25) is 0 Å². The van der Waals surface area contributed by atoms with E-state index in [1.165, 1.54) is 11.8 Å². The Balaban J connectivity index is 1.54. The second-order valence-corrected chi connectivity index (χ2v) is 7.56. The second-order valence-electron chi connectivity index (χ2n) is 6.23. The molecule has 1 unspecified atom stereocenters. The molecule has 0 fully saturated rings. The lowest BCUT2D eigenvalue weighted by Crippen LogP contribution is -2.25. The van der Waals surface area contributed by atoms with Crippen molar-refractivity contribution in [2.75, 3.05) is 16.4 Å². The summed E-state index contributed by atoms with van der Waals surface area (Å²) in [7, 11) is 0. The fraction of sp³-hybridized carbons (Fsp3) is 0.190. The molecule has 138 valence electrons. The van der Waals surface area contributed by atoms with Crippen LogP contribution in [0.4, 0.5) is 11.4 Å². The fourth-order valence-electron chi connectivity index (χ4n) is 2.56. The number of anilines is 2. The third kappa shape index (κ3) is 5.08. The van der Waals surface area contributed by atoms with E-state index in [0.29, 0.717) is 0 Å². The van der Waals surface area contributed by atoms with Gasteiger partial charge in [-0.2, -0.15) is 0 Å². The van der Waals surface area contributed by atoms with Gasteiger partial charge in [-0.05, 0) is 50.2 Å². The summed E-state index contributed by atoms with van der Waals surface area (Å²) in [6.07, 6.45) is 1.72. The number of hydrogen-bond acceptors (Lipinski definition) is 4. The van der Waals surface area contributed by atoms with E-state index in [-0.39, 0.29) is 22.8 Å². The van der Waals surface area contributed by atoms with E-state index in [2.05, 4.69) is 15.6 Å². The summed E-state index contributed by atoms with van der Waals surface area (Å²) in [6.45, 7) is 3.79. The van der Waals surface area contributed by atoms with E-state index >= 15 is 0 Å². The molecule has 1 aromatic heterocycles. The molecule has 2 amide bonds. The van der Waals surface area contributed by atoms with Crippen LogP contribution in [0, 0.1) is 6.92 Å². The smallest absolute Gasteiger partial charge is 0.237 e. The SMILES string of the molecule is Cc1ccc(NC(=O)CSC(C)C(=O)Nc2cccc3ncccc23)cc1. The molecule has 3 aromatic rings. The molecule has 2 aromatic carbocycles. The standard InChI is InChI=1S/C21H21N3O2S/c1-14-8-10-16(11-9-14)23-20(25)13-27-15(2)21(26)24-19-7-3-6-18-17(19)5-4-12-22-18/h3-12,15H,13H2,1-2H3,(H,23,25)(H,24,26). The van der Waals surface area contributed by atoms with Gasteiger partial charge in [-0.3, -0.25) is 14.6 Å². The van der Waals surface area contributed by atoms with Gasteiger partial charge in [-0.15, -0.1) is 11.8 Å². The third-order valence-corrected chi connectivity index (χ3v) is 5.22. The van der Waals surface area contributed by atoms with Gasteiger partial charge in [0.15, 0.2) is 0 Å². The lowest BCUT2D eigenvalue weighted by Gasteiger charge is -2.13. The Morgan fingerprint density at radius 2 is 1.81 bits per heavy atom. The molecule has 0 saturated carbocycles. The molecule has 0 aliphatic rings. The zero-order chi connectivity index (χ0) is 19.2. The van der Waals surface area contributed by atoms with Crippen LogP contribution >= 0.6 is 11.8 Å². The summed E-state index contributed by atoms with van der Waals surface area (Å²) in [4.78, 5) is 28.9. The van der Waals surface area contributed by atoms with Gasteiger partial charge in [0.1, 0.15) is 0 Å². The van der Waals surface area contributed by atoms with Crippen LogP contribution in [0.15, 0.2) is 60.8 Å². The minimum absolute atomic E-state index is 0.127. The number of benzene rings is 2. The van der Waals surface area contributed by atoms with Crippen molar-refractivity contribution in [2.24, 2.45) is 0 Å². The topological polar surface area (TPSA) is 71.1 Å². The van der Waals surface area contributed by atoms with Gasteiger partial charge in [0.2, 0.25) is 11.8 Å². The Morgan fingerprint density at radius 3 is 2.59 bits per heavy atom. The van der Waals surface area contributed by atoms with E-state index < -0.39 is 0 Å². The highest BCUT2D eigenvalue weighted by molar-refractivity contribution is 8.01. The molecule has 0 aliphatic carbocycles. The number of aryl methyl sites for hydroxylation is 1. The number of nitrogens with one attached hydrogen (secondary N) is 2. The number of thioether (sulfide) groups is 1. The highest BCUT2D eigenvalue weighted by Gasteiger charge is 2.16. The number of aromatic nitrogens is 1. The lowest BCUT2D eigenvalue weighted by molar-refractivity contribution is -0.115. The molecule has 5 nitrogen and oxygen atoms in total. The number of nitrogens with zero attached hydrogens (tertiary/aromatic N) is 1. The molecule has 1 heterocycles. The van der Waals surface area contributed by atoms with Crippen LogP contribution in [0.25, 0.3) is 10.9 Å². The van der Waals surface area contributed by atoms with Crippen molar-refractivity contribution in [3.8, 4) is 0 Å². The number of pyridine rings is 1. The summed E-state index contributed by atoms with van der Waals surface area (Å²) in [5.74, 6) is -0.0584. The van der Waals surface area contributed by atoms with E-state index in [9.17, 15) is 9.59 Å². The van der Waals surface area contributed by atoms with Crippen molar-refractivity contribution in [3.63, 3.8) is 0 Å². The Labute approximate surface area is 162 Å². The van der Waals surface area contributed by atoms with Gasteiger partial charge in [0, 0.05) is 17.3 Å². The highest BCUT2D eigenvalue weighted by atomic mass is 32.2. The number of fused-ring (bicyclic) bond motifs is 1. The normalized spacial score (nSPS) is 11.8. The molecule has 2 N–H and O–H groups in total. The first-order valence-corrected chi connectivity index (χ1v) is 9.70. The minimum Gasteiger partial charge on any atom is -0.325 e. The molecule has 0 bridgehead atoms. The van der Waals surface area contributed by atoms with E-state index in [4.69, 9.17) is 0 Å². The van der Waals surface area contributed by atoms with Gasteiger partial charge >= 0.3 is 0 Å². The predicted octanol–water partition coefficient (Wildman–Crippen LogP) is 4.24. The summed E-state index contributed by atoms with van der Waals surface area (Å²) in [6, 6.07) is 17.0. The molecule has 1 atom stereocenters. The van der Waals surface area contributed by atoms with Crippen molar-refractivity contribution in [3.05, 3.63) is 66.4 Å². The van der Waals surface area contributed by atoms with Crippen molar-refractivity contribution in [2.45, 2.75) is 19.1 Å². The average molecular weight is 379 g/mol. The van der Waals surface area contributed by atoms with Gasteiger partial charge in [0.05, 0.1) is 22.2 Å². The summed E-state index contributed by atoms with van der Waals surface area (Å²) in [5, 5.41) is 6.30. The summed E-state index contributed by atoms with van der Waals surface area (Å²) < 4.78 is 0. The zero-order valence-corrected chi connectivity index (χ0v) is 16.0. The van der Waals surface area contributed by atoms with Gasteiger partial charge < -0.3 is 10.6 Å². The molecule has 3 rings (SSSR count). The largest absolute Gasteiger partial charge is 0.325 e. The maximum absolute atomic E-state index is 12.5. The zero-order valence-electron chi connectivity index (χ0n) is 15.2. The van der Waals surface area contributed by atoms with Crippen molar-refractivity contribution < 1.29 is 9.59 Å². The molecule has 0 saturated heterocycles. The third-order valence-electron chi connectivity index (χ3n) is 4.07. The molecule has 0 aliphatic heterocycles. The number of rotatable bonds is 6. The Hall–Kier alpha value is -2.86. The average Bonchev–Trinajstić information content (AvgIpc) is 2.68. The monoisotopic (exact) mass is 379 g/mol. The maximum Gasteiger partial charge on any atom is 0.237 e. The van der Waals surface area contributed by atoms with E-state index in [1.54, 1.807) is 13.1 Å². The van der Waals surface area contributed by atoms with Crippen molar-refractivity contribution >= 4 is 45.9 Å². The van der Waals surface area contributed by atoms with E-state index in [1.807, 2.05) is 61.5 Å². The van der Waals surface area contributed by atoms with Crippen LogP contribution in [0.5, 0.6) is 0 Å². The first-order chi connectivity index (χ1) is 13.0. The Bertz CT molecular complexity index is 952. The maximum atomic E-state index is 12.5. The molecular weight excluding hydrogens is 358 g/mol. The summed E-state index contributed by atoms with van der Waals surface area (Å²) >= 11 is 1.30. The van der Waals surface area contributed by atoms with Crippen LogP contribution in [0.3, 0.4) is 0 Å². The first-order valence-electron chi connectivity index (χ1n) is 8.65. The first kappa shape index (κ1) is 18.9.